The van der Waals surface area contributed by atoms with E-state index in [-0.39, 0.29) is 17.3 Å². The standard InChI is InChI=1S/C29H33Cl2N3O4S/c1-4-5-18-32-29(36)22(3)33(19-23-10-12-24(30)13-11-23)28(35)20-34(27-9-7-6-8-21(27)2)39(37,38)26-16-14-25(31)15-17-26/h6-17,22H,4-5,18-20H2,1-3H3,(H,32,36)/t22-/m0/s1. The Hall–Kier alpha value is -3.07. The van der Waals surface area contributed by atoms with Crippen molar-refractivity contribution in [2.24, 2.45) is 0 Å². The minimum Gasteiger partial charge on any atom is -0.354 e. The van der Waals surface area contributed by atoms with Crippen molar-refractivity contribution >= 4 is 50.7 Å². The zero-order valence-electron chi connectivity index (χ0n) is 22.2. The summed E-state index contributed by atoms with van der Waals surface area (Å²) in [6, 6.07) is 18.8. The molecule has 0 aromatic heterocycles. The smallest absolute Gasteiger partial charge is 0.264 e. The molecule has 0 aliphatic carbocycles. The van der Waals surface area contributed by atoms with Gasteiger partial charge >= 0.3 is 0 Å². The summed E-state index contributed by atoms with van der Waals surface area (Å²) in [5.74, 6) is -0.836. The molecule has 3 aromatic rings. The van der Waals surface area contributed by atoms with Gasteiger partial charge in [0, 0.05) is 23.1 Å². The molecule has 0 saturated heterocycles. The van der Waals surface area contributed by atoms with Crippen LogP contribution >= 0.6 is 23.2 Å². The minimum absolute atomic E-state index is 0.00226. The Bertz CT molecular complexity index is 1380. The van der Waals surface area contributed by atoms with Crippen molar-refractivity contribution < 1.29 is 18.0 Å². The lowest BCUT2D eigenvalue weighted by atomic mass is 10.1. The van der Waals surface area contributed by atoms with Gasteiger partial charge in [-0.2, -0.15) is 0 Å². The molecule has 0 radical (unpaired) electrons. The minimum atomic E-state index is -4.15. The second-order valence-electron chi connectivity index (χ2n) is 9.22. The fourth-order valence-corrected chi connectivity index (χ4v) is 5.73. The molecule has 0 spiro atoms. The highest BCUT2D eigenvalue weighted by atomic mass is 35.5. The van der Waals surface area contributed by atoms with Gasteiger partial charge in [-0.15, -0.1) is 0 Å². The molecular formula is C29H33Cl2N3O4S. The molecule has 0 fully saturated rings. The number of nitrogens with one attached hydrogen (secondary N) is 1. The Kier molecular flexibility index (Phi) is 10.8. The highest BCUT2D eigenvalue weighted by molar-refractivity contribution is 7.92. The number of nitrogens with zero attached hydrogens (tertiary/aromatic N) is 2. The predicted octanol–water partition coefficient (Wildman–Crippen LogP) is 5.83. The molecule has 0 aliphatic heterocycles. The SMILES string of the molecule is CCCCNC(=O)[C@H](C)N(Cc1ccc(Cl)cc1)C(=O)CN(c1ccccc1C)S(=O)(=O)c1ccc(Cl)cc1. The molecule has 0 heterocycles. The van der Waals surface area contributed by atoms with Crippen molar-refractivity contribution in [1.29, 1.82) is 0 Å². The number of carbonyl (C=O) groups excluding carboxylic acids is 2. The van der Waals surface area contributed by atoms with Gasteiger partial charge in [0.25, 0.3) is 10.0 Å². The van der Waals surface area contributed by atoms with Crippen LogP contribution in [0.4, 0.5) is 5.69 Å². The van der Waals surface area contributed by atoms with Crippen molar-refractivity contribution in [3.63, 3.8) is 0 Å². The molecule has 1 atom stereocenters. The highest BCUT2D eigenvalue weighted by Gasteiger charge is 2.33. The van der Waals surface area contributed by atoms with Gasteiger partial charge in [-0.25, -0.2) is 8.42 Å². The normalized spacial score (nSPS) is 12.0. The summed E-state index contributed by atoms with van der Waals surface area (Å²) in [4.78, 5) is 28.3. The van der Waals surface area contributed by atoms with Crippen LogP contribution in [0.3, 0.4) is 0 Å². The molecule has 1 N–H and O–H groups in total. The molecule has 0 saturated carbocycles. The number of benzene rings is 3. The fraction of sp³-hybridized carbons (Fsp3) is 0.310. The Morgan fingerprint density at radius 3 is 2.10 bits per heavy atom. The molecule has 0 unspecified atom stereocenters. The van der Waals surface area contributed by atoms with Gasteiger partial charge in [-0.05, 0) is 73.9 Å². The van der Waals surface area contributed by atoms with Gasteiger partial charge < -0.3 is 10.2 Å². The Labute approximate surface area is 240 Å². The number of sulfonamides is 1. The van der Waals surface area contributed by atoms with Crippen molar-refractivity contribution in [3.8, 4) is 0 Å². The van der Waals surface area contributed by atoms with Crippen molar-refractivity contribution in [3.05, 3.63) is 94.0 Å². The predicted molar refractivity (Wildman–Crippen MR) is 157 cm³/mol. The van der Waals surface area contributed by atoms with Gasteiger partial charge in [-0.3, -0.25) is 13.9 Å². The van der Waals surface area contributed by atoms with Crippen LogP contribution in [0.25, 0.3) is 0 Å². The van der Waals surface area contributed by atoms with Crippen LogP contribution in [0.5, 0.6) is 0 Å². The van der Waals surface area contributed by atoms with Crippen LogP contribution in [0.15, 0.2) is 77.7 Å². The average molecular weight is 591 g/mol. The molecule has 0 bridgehead atoms. The molecule has 208 valence electrons. The molecule has 2 amide bonds. The summed E-state index contributed by atoms with van der Waals surface area (Å²) in [5.41, 5.74) is 1.80. The zero-order valence-corrected chi connectivity index (χ0v) is 24.6. The number of halogens is 2. The summed E-state index contributed by atoms with van der Waals surface area (Å²) < 4.78 is 28.8. The first-order valence-corrected chi connectivity index (χ1v) is 14.9. The fourth-order valence-electron chi connectivity index (χ4n) is 4.00. The van der Waals surface area contributed by atoms with E-state index in [0.29, 0.717) is 27.8 Å². The maximum absolute atomic E-state index is 13.9. The van der Waals surface area contributed by atoms with Gasteiger partial charge in [-0.1, -0.05) is 66.9 Å². The lowest BCUT2D eigenvalue weighted by Crippen LogP contribution is -2.51. The number of unbranched alkanes of at least 4 members (excludes halogenated alkanes) is 1. The molecule has 39 heavy (non-hydrogen) atoms. The van der Waals surface area contributed by atoms with Crippen LogP contribution in [0.1, 0.15) is 37.8 Å². The Morgan fingerprint density at radius 1 is 0.923 bits per heavy atom. The summed E-state index contributed by atoms with van der Waals surface area (Å²) in [5, 5.41) is 3.81. The number of anilines is 1. The number of hydrogen-bond acceptors (Lipinski definition) is 4. The molecular weight excluding hydrogens is 557 g/mol. The van der Waals surface area contributed by atoms with E-state index in [1.807, 2.05) is 6.92 Å². The molecule has 3 rings (SSSR count). The van der Waals surface area contributed by atoms with E-state index < -0.39 is 28.5 Å². The summed E-state index contributed by atoms with van der Waals surface area (Å²) in [6.07, 6.45) is 1.72. The van der Waals surface area contributed by atoms with E-state index in [1.54, 1.807) is 62.4 Å². The Balaban J connectivity index is 2.00. The Morgan fingerprint density at radius 2 is 1.51 bits per heavy atom. The lowest BCUT2D eigenvalue weighted by molar-refractivity contribution is -0.139. The molecule has 7 nitrogen and oxygen atoms in total. The average Bonchev–Trinajstić information content (AvgIpc) is 2.91. The van der Waals surface area contributed by atoms with E-state index in [2.05, 4.69) is 5.32 Å². The van der Waals surface area contributed by atoms with Crippen molar-refractivity contribution in [2.45, 2.75) is 51.1 Å². The monoisotopic (exact) mass is 589 g/mol. The third kappa shape index (κ3) is 7.97. The first-order valence-electron chi connectivity index (χ1n) is 12.7. The van der Waals surface area contributed by atoms with Crippen molar-refractivity contribution in [1.82, 2.24) is 10.2 Å². The number of rotatable bonds is 12. The topological polar surface area (TPSA) is 86.8 Å². The van der Waals surface area contributed by atoms with E-state index in [4.69, 9.17) is 23.2 Å². The second kappa shape index (κ2) is 13.8. The summed E-state index contributed by atoms with van der Waals surface area (Å²) >= 11 is 12.0. The largest absolute Gasteiger partial charge is 0.354 e. The maximum atomic E-state index is 13.9. The van der Waals surface area contributed by atoms with Gasteiger partial charge in [0.2, 0.25) is 11.8 Å². The van der Waals surface area contributed by atoms with Crippen LogP contribution in [-0.4, -0.2) is 44.3 Å². The first-order chi connectivity index (χ1) is 18.5. The second-order valence-corrected chi connectivity index (χ2v) is 12.0. The number of carbonyl (C=O) groups is 2. The van der Waals surface area contributed by atoms with Crippen LogP contribution < -0.4 is 9.62 Å². The van der Waals surface area contributed by atoms with Gasteiger partial charge in [0.15, 0.2) is 0 Å². The van der Waals surface area contributed by atoms with Crippen LogP contribution in [-0.2, 0) is 26.2 Å². The van der Waals surface area contributed by atoms with E-state index in [1.165, 1.54) is 29.2 Å². The third-order valence-corrected chi connectivity index (χ3v) is 8.61. The van der Waals surface area contributed by atoms with Crippen molar-refractivity contribution in [2.75, 3.05) is 17.4 Å². The first kappa shape index (κ1) is 30.5. The lowest BCUT2D eigenvalue weighted by Gasteiger charge is -2.32. The third-order valence-electron chi connectivity index (χ3n) is 6.33. The van der Waals surface area contributed by atoms with E-state index >= 15 is 0 Å². The summed E-state index contributed by atoms with van der Waals surface area (Å²) in [7, 11) is -4.15. The number of para-hydroxylation sites is 1. The quantitative estimate of drug-likeness (QED) is 0.269. The summed E-state index contributed by atoms with van der Waals surface area (Å²) in [6.45, 7) is 5.52. The van der Waals surface area contributed by atoms with Crippen LogP contribution in [0, 0.1) is 6.92 Å². The van der Waals surface area contributed by atoms with Crippen LogP contribution in [0.2, 0.25) is 10.0 Å². The van der Waals surface area contributed by atoms with Gasteiger partial charge in [0.05, 0.1) is 10.6 Å². The number of aryl methyl sites for hydroxylation is 1. The van der Waals surface area contributed by atoms with Gasteiger partial charge in [0.1, 0.15) is 12.6 Å². The maximum Gasteiger partial charge on any atom is 0.264 e. The molecule has 0 aliphatic rings. The highest BCUT2D eigenvalue weighted by Crippen LogP contribution is 2.28. The molecule has 3 aromatic carbocycles. The van der Waals surface area contributed by atoms with E-state index in [9.17, 15) is 18.0 Å². The number of amides is 2. The zero-order chi connectivity index (χ0) is 28.6. The van der Waals surface area contributed by atoms with E-state index in [0.717, 1.165) is 22.7 Å². The number of hydrogen-bond donors (Lipinski definition) is 1. The molecule has 10 heteroatoms.